The third-order valence-corrected chi connectivity index (χ3v) is 2.91. The van der Waals surface area contributed by atoms with Crippen molar-refractivity contribution in [2.75, 3.05) is 0 Å². The molecular formula is C16H13CuO7-3. The van der Waals surface area contributed by atoms with Crippen molar-refractivity contribution in [3.63, 3.8) is 0 Å². The van der Waals surface area contributed by atoms with Gasteiger partial charge in [0.15, 0.2) is 0 Å². The number of rotatable bonds is 5. The molecule has 0 fully saturated rings. The number of benzene rings is 2. The summed E-state index contributed by atoms with van der Waals surface area (Å²) < 4.78 is 0. The number of hydrogen-bond acceptors (Lipinski definition) is 7. The summed E-state index contributed by atoms with van der Waals surface area (Å²) in [7, 11) is 0. The number of carbonyl (C=O) groups excluding carboxylic acids is 3. The molecule has 0 saturated heterocycles. The molecule has 1 N–H and O–H groups in total. The van der Waals surface area contributed by atoms with Crippen molar-refractivity contribution < 1.29 is 51.9 Å². The molecule has 0 aliphatic heterocycles. The predicted octanol–water partition coefficient (Wildman–Crippen LogP) is -2.42. The monoisotopic (exact) mass is 380 g/mol. The molecule has 0 aliphatic carbocycles. The summed E-state index contributed by atoms with van der Waals surface area (Å²) in [5.74, 6) is -5.98. The predicted molar refractivity (Wildman–Crippen MR) is 73.2 cm³/mol. The van der Waals surface area contributed by atoms with Gasteiger partial charge in [0.25, 0.3) is 0 Å². The fourth-order valence-electron chi connectivity index (χ4n) is 1.82. The Bertz CT molecular complexity index is 633. The van der Waals surface area contributed by atoms with E-state index in [1.165, 1.54) is 10.8 Å². The smallest absolute Gasteiger partial charge is 0.114 e. The van der Waals surface area contributed by atoms with Gasteiger partial charge in [0.2, 0.25) is 0 Å². The van der Waals surface area contributed by atoms with Gasteiger partial charge < -0.3 is 34.8 Å². The molecule has 1 radical (unpaired) electrons. The molecule has 0 bridgehead atoms. The summed E-state index contributed by atoms with van der Waals surface area (Å²) in [6.07, 6.45) is -2.72. The van der Waals surface area contributed by atoms with Crippen LogP contribution in [0, 0.1) is 0 Å². The van der Waals surface area contributed by atoms with Gasteiger partial charge in [-0.3, -0.25) is 0 Å². The topological polar surface area (TPSA) is 141 Å². The van der Waals surface area contributed by atoms with Gasteiger partial charge in [0.1, 0.15) is 5.60 Å². The fourth-order valence-corrected chi connectivity index (χ4v) is 1.82. The third-order valence-electron chi connectivity index (χ3n) is 2.91. The summed E-state index contributed by atoms with van der Waals surface area (Å²) in [5.41, 5.74) is -2.97. The normalized spacial score (nSPS) is 10.0. The van der Waals surface area contributed by atoms with Gasteiger partial charge in [-0.25, -0.2) is 0 Å². The van der Waals surface area contributed by atoms with E-state index in [0.29, 0.717) is 0 Å². The van der Waals surface area contributed by atoms with Crippen molar-refractivity contribution in [2.24, 2.45) is 0 Å². The minimum Gasteiger partial charge on any atom is -0.550 e. The second-order valence-corrected chi connectivity index (χ2v) is 4.76. The third kappa shape index (κ3) is 6.78. The zero-order chi connectivity index (χ0) is 17.5. The van der Waals surface area contributed by atoms with Gasteiger partial charge in [-0.1, -0.05) is 48.5 Å². The Hall–Kier alpha value is -2.41. The van der Waals surface area contributed by atoms with Crippen LogP contribution < -0.4 is 15.3 Å². The first-order valence-corrected chi connectivity index (χ1v) is 6.52. The molecule has 8 heteroatoms. The Kier molecular flexibility index (Phi) is 8.70. The van der Waals surface area contributed by atoms with Crippen LogP contribution in [0.15, 0.2) is 48.5 Å². The second-order valence-electron chi connectivity index (χ2n) is 4.76. The van der Waals surface area contributed by atoms with Gasteiger partial charge >= 0.3 is 0 Å². The second kappa shape index (κ2) is 9.67. The quantitative estimate of drug-likeness (QED) is 0.569. The number of carboxylic acid groups (broad SMARTS) is 3. The summed E-state index contributed by atoms with van der Waals surface area (Å²) in [6.45, 7) is 0. The maximum atomic E-state index is 10.1. The number of hydrogen-bond donors (Lipinski definition) is 1. The molecule has 0 heterocycles. The van der Waals surface area contributed by atoms with Crippen molar-refractivity contribution in [1.29, 1.82) is 0 Å². The summed E-state index contributed by atoms with van der Waals surface area (Å²) in [5, 5.41) is 41.5. The molecule has 24 heavy (non-hydrogen) atoms. The Balaban J connectivity index is 0.000000432. The summed E-state index contributed by atoms with van der Waals surface area (Å²) >= 11 is 0. The molecule has 7 nitrogen and oxygen atoms in total. The molecule has 133 valence electrons. The Morgan fingerprint density at radius 3 is 1.29 bits per heavy atom. The van der Waals surface area contributed by atoms with Crippen LogP contribution in [-0.4, -0.2) is 28.6 Å². The Labute approximate surface area is 148 Å². The average Bonchev–Trinajstić information content (AvgIpc) is 2.46. The van der Waals surface area contributed by atoms with E-state index in [2.05, 4.69) is 48.5 Å². The molecule has 2 rings (SSSR count). The summed E-state index contributed by atoms with van der Waals surface area (Å²) in [4.78, 5) is 30.0. The minimum absolute atomic E-state index is 0. The van der Waals surface area contributed by atoms with E-state index in [-0.39, 0.29) is 17.1 Å². The summed E-state index contributed by atoms with van der Waals surface area (Å²) in [6, 6.07) is 16.7. The van der Waals surface area contributed by atoms with Gasteiger partial charge in [0.05, 0.1) is 5.97 Å². The Morgan fingerprint density at radius 1 is 0.792 bits per heavy atom. The van der Waals surface area contributed by atoms with Gasteiger partial charge in [0, 0.05) is 41.8 Å². The maximum absolute atomic E-state index is 10.1. The molecular weight excluding hydrogens is 368 g/mol. The number of aliphatic hydroxyl groups is 1. The SMILES string of the molecule is O=C([O-])CC(O)(CC(=O)[O-])C(=O)[O-].[Cu].c1ccc2ccccc2c1. The fraction of sp³-hybridized carbons (Fsp3) is 0.188. The standard InChI is InChI=1S/C10H8.C6H8O7.Cu/c1-2-6-10-8-4-3-7-9(10)5-1;7-3(8)1-6(13,5(11)12)2-4(9)10;/h1-8H;13H,1-2H2,(H,7,8)(H,9,10)(H,11,12);/p-3. The first kappa shape index (κ1) is 21.6. The molecule has 2 aromatic carbocycles. The van der Waals surface area contributed by atoms with E-state index < -0.39 is 36.4 Å². The van der Waals surface area contributed by atoms with Crippen molar-refractivity contribution in [2.45, 2.75) is 18.4 Å². The first-order valence-electron chi connectivity index (χ1n) is 6.52. The van der Waals surface area contributed by atoms with Crippen LogP contribution in [0.25, 0.3) is 10.8 Å². The number of aliphatic carboxylic acids is 3. The number of fused-ring (bicyclic) bond motifs is 1. The van der Waals surface area contributed by atoms with E-state index in [1.54, 1.807) is 0 Å². The van der Waals surface area contributed by atoms with Crippen molar-refractivity contribution >= 4 is 28.7 Å². The Morgan fingerprint density at radius 2 is 1.08 bits per heavy atom. The number of carbonyl (C=O) groups is 3. The van der Waals surface area contributed by atoms with Gasteiger partial charge in [-0.15, -0.1) is 0 Å². The largest absolute Gasteiger partial charge is 0.550 e. The molecule has 0 unspecified atom stereocenters. The van der Waals surface area contributed by atoms with Gasteiger partial charge in [-0.05, 0) is 10.8 Å². The van der Waals surface area contributed by atoms with Crippen LogP contribution in [0.5, 0.6) is 0 Å². The number of carboxylic acids is 3. The zero-order valence-corrected chi connectivity index (χ0v) is 13.2. The molecule has 0 spiro atoms. The zero-order valence-electron chi connectivity index (χ0n) is 12.2. The van der Waals surface area contributed by atoms with E-state index in [9.17, 15) is 29.7 Å². The van der Waals surface area contributed by atoms with Crippen molar-refractivity contribution in [3.8, 4) is 0 Å². The molecule has 0 atom stereocenters. The molecule has 2 aromatic rings. The molecule has 0 aliphatic rings. The first-order chi connectivity index (χ1) is 10.7. The van der Waals surface area contributed by atoms with Crippen LogP contribution in [0.4, 0.5) is 0 Å². The minimum atomic E-state index is -2.97. The van der Waals surface area contributed by atoms with Crippen molar-refractivity contribution in [3.05, 3.63) is 48.5 Å². The van der Waals surface area contributed by atoms with E-state index in [0.717, 1.165) is 0 Å². The van der Waals surface area contributed by atoms with E-state index in [4.69, 9.17) is 5.11 Å². The molecule has 0 amide bonds. The van der Waals surface area contributed by atoms with E-state index >= 15 is 0 Å². The van der Waals surface area contributed by atoms with Crippen LogP contribution >= 0.6 is 0 Å². The van der Waals surface area contributed by atoms with E-state index in [1.807, 2.05) is 0 Å². The van der Waals surface area contributed by atoms with Crippen LogP contribution in [-0.2, 0) is 31.5 Å². The van der Waals surface area contributed by atoms with Crippen LogP contribution in [0.3, 0.4) is 0 Å². The molecule has 0 aromatic heterocycles. The maximum Gasteiger partial charge on any atom is 0.114 e. The molecule has 0 saturated carbocycles. The van der Waals surface area contributed by atoms with Crippen molar-refractivity contribution in [1.82, 2.24) is 0 Å². The van der Waals surface area contributed by atoms with Crippen LogP contribution in [0.2, 0.25) is 0 Å². The van der Waals surface area contributed by atoms with Crippen LogP contribution in [0.1, 0.15) is 12.8 Å². The average molecular weight is 381 g/mol. The van der Waals surface area contributed by atoms with Gasteiger partial charge in [-0.2, -0.15) is 0 Å².